The highest BCUT2D eigenvalue weighted by molar-refractivity contribution is 7.90. The Morgan fingerprint density at radius 3 is 2.76 bits per heavy atom. The molecule has 0 radical (unpaired) electrons. The van der Waals surface area contributed by atoms with E-state index in [2.05, 4.69) is 15.7 Å². The van der Waals surface area contributed by atoms with Crippen LogP contribution < -0.4 is 10.6 Å². The summed E-state index contributed by atoms with van der Waals surface area (Å²) in [6.45, 7) is 0.192. The van der Waals surface area contributed by atoms with Crippen molar-refractivity contribution in [1.29, 1.82) is 0 Å². The van der Waals surface area contributed by atoms with Crippen molar-refractivity contribution in [2.75, 3.05) is 31.7 Å². The molecule has 12 heteroatoms. The van der Waals surface area contributed by atoms with Gasteiger partial charge in [-0.3, -0.25) is 9.59 Å². The van der Waals surface area contributed by atoms with E-state index in [-0.39, 0.29) is 43.7 Å². The van der Waals surface area contributed by atoms with Gasteiger partial charge in [0.25, 0.3) is 0 Å². The summed E-state index contributed by atoms with van der Waals surface area (Å²) in [5, 5.41) is 18.2. The first-order chi connectivity index (χ1) is 13.8. The van der Waals surface area contributed by atoms with E-state index in [0.29, 0.717) is 22.0 Å². The highest BCUT2D eigenvalue weighted by Crippen LogP contribution is 2.33. The first-order valence-corrected chi connectivity index (χ1v) is 10.9. The Bertz CT molecular complexity index is 1040. The molecular formula is C17H19ClN4O6S. The average Bonchev–Trinajstić information content (AvgIpc) is 3.14. The number of aliphatic hydroxyl groups is 1. The fourth-order valence-electron chi connectivity index (χ4n) is 2.81. The van der Waals surface area contributed by atoms with Crippen LogP contribution >= 0.6 is 11.6 Å². The van der Waals surface area contributed by atoms with Crippen molar-refractivity contribution in [3.63, 3.8) is 0 Å². The van der Waals surface area contributed by atoms with Crippen molar-refractivity contribution in [3.8, 4) is 5.69 Å². The average molecular weight is 443 g/mol. The number of halogens is 1. The number of carbonyl (C=O) groups excluding carboxylic acids is 2. The zero-order chi connectivity index (χ0) is 21.0. The van der Waals surface area contributed by atoms with Gasteiger partial charge in [0.2, 0.25) is 0 Å². The van der Waals surface area contributed by atoms with Crippen LogP contribution in [0.15, 0.2) is 24.3 Å². The second-order valence-corrected chi connectivity index (χ2v) is 8.74. The number of rotatable bonds is 7. The molecule has 2 heterocycles. The number of aliphatic hydroxyl groups excluding tert-OH is 1. The minimum Gasteiger partial charge on any atom is -0.394 e. The van der Waals surface area contributed by atoms with Crippen LogP contribution in [-0.2, 0) is 35.7 Å². The molecule has 0 atom stereocenters. The van der Waals surface area contributed by atoms with Crippen molar-refractivity contribution in [1.82, 2.24) is 15.1 Å². The van der Waals surface area contributed by atoms with Gasteiger partial charge in [-0.1, -0.05) is 17.7 Å². The highest BCUT2D eigenvalue weighted by Gasteiger charge is 2.33. The largest absolute Gasteiger partial charge is 0.394 e. The second-order valence-electron chi connectivity index (χ2n) is 6.24. The predicted molar refractivity (Wildman–Crippen MR) is 104 cm³/mol. The number of ether oxygens (including phenoxy) is 1. The summed E-state index contributed by atoms with van der Waals surface area (Å²) in [4.78, 5) is 24.4. The Morgan fingerprint density at radius 2 is 2.03 bits per heavy atom. The van der Waals surface area contributed by atoms with Gasteiger partial charge in [-0.05, 0) is 18.2 Å². The van der Waals surface area contributed by atoms with Gasteiger partial charge in [0.1, 0.15) is 5.82 Å². The van der Waals surface area contributed by atoms with Gasteiger partial charge in [0.15, 0.2) is 9.84 Å². The summed E-state index contributed by atoms with van der Waals surface area (Å²) < 4.78 is 30.3. The van der Waals surface area contributed by atoms with Crippen LogP contribution in [0.25, 0.3) is 5.69 Å². The number of fused-ring (bicyclic) bond motifs is 1. The SMILES string of the molecule is O=C(NCCOCCO)C(=O)Nc1c2c(nn1-c1cccc(Cl)c1)CS(=O)(=O)C2. The van der Waals surface area contributed by atoms with Gasteiger partial charge in [-0.2, -0.15) is 5.10 Å². The maximum absolute atomic E-state index is 12.3. The Hall–Kier alpha value is -2.47. The van der Waals surface area contributed by atoms with Crippen LogP contribution in [0.2, 0.25) is 5.02 Å². The first-order valence-electron chi connectivity index (χ1n) is 8.65. The lowest BCUT2D eigenvalue weighted by Gasteiger charge is -2.11. The molecule has 0 saturated heterocycles. The molecule has 1 aromatic heterocycles. The Kier molecular flexibility index (Phi) is 6.52. The summed E-state index contributed by atoms with van der Waals surface area (Å²) in [5.41, 5.74) is 1.17. The van der Waals surface area contributed by atoms with Crippen LogP contribution in [0.1, 0.15) is 11.3 Å². The number of aromatic nitrogens is 2. The Labute approximate surface area is 171 Å². The van der Waals surface area contributed by atoms with Crippen LogP contribution in [0, 0.1) is 0 Å². The normalized spacial score (nSPS) is 14.4. The molecule has 3 N–H and O–H groups in total. The molecule has 0 saturated carbocycles. The smallest absolute Gasteiger partial charge is 0.314 e. The van der Waals surface area contributed by atoms with E-state index < -0.39 is 21.7 Å². The van der Waals surface area contributed by atoms with E-state index in [1.807, 2.05) is 0 Å². The number of sulfone groups is 1. The van der Waals surface area contributed by atoms with Crippen LogP contribution in [0.3, 0.4) is 0 Å². The second kappa shape index (κ2) is 8.91. The lowest BCUT2D eigenvalue weighted by atomic mass is 10.2. The molecule has 0 bridgehead atoms. The van der Waals surface area contributed by atoms with E-state index in [1.165, 1.54) is 4.68 Å². The van der Waals surface area contributed by atoms with Gasteiger partial charge < -0.3 is 20.5 Å². The highest BCUT2D eigenvalue weighted by atomic mass is 35.5. The minimum absolute atomic E-state index is 0.0757. The maximum Gasteiger partial charge on any atom is 0.314 e. The molecule has 29 heavy (non-hydrogen) atoms. The van der Waals surface area contributed by atoms with Crippen LogP contribution in [-0.4, -0.2) is 61.5 Å². The number of nitrogens with zero attached hydrogens (tertiary/aromatic N) is 2. The van der Waals surface area contributed by atoms with E-state index in [0.717, 1.165) is 0 Å². The van der Waals surface area contributed by atoms with Gasteiger partial charge >= 0.3 is 11.8 Å². The van der Waals surface area contributed by atoms with Crippen molar-refractivity contribution in [2.45, 2.75) is 11.5 Å². The summed E-state index contributed by atoms with van der Waals surface area (Å²) in [6, 6.07) is 6.65. The molecule has 0 fully saturated rings. The number of hydrogen-bond donors (Lipinski definition) is 3. The quantitative estimate of drug-likeness (QED) is 0.405. The first kappa shape index (κ1) is 21.2. The van der Waals surface area contributed by atoms with E-state index in [4.69, 9.17) is 21.4 Å². The molecule has 1 aliphatic rings. The fourth-order valence-corrected chi connectivity index (χ4v) is 4.49. The molecule has 0 spiro atoms. The fraction of sp³-hybridized carbons (Fsp3) is 0.353. The van der Waals surface area contributed by atoms with E-state index in [1.54, 1.807) is 24.3 Å². The third-order valence-corrected chi connectivity index (χ3v) is 5.72. The monoisotopic (exact) mass is 442 g/mol. The topological polar surface area (TPSA) is 140 Å². The van der Waals surface area contributed by atoms with Crippen molar-refractivity contribution < 1.29 is 27.9 Å². The summed E-state index contributed by atoms with van der Waals surface area (Å²) in [6.07, 6.45) is 0. The standard InChI is InChI=1S/C17H19ClN4O6S/c18-11-2-1-3-12(8-11)22-15(13-9-29(26,27)10-14(13)21-22)20-17(25)16(24)19-4-6-28-7-5-23/h1-3,8,23H,4-7,9-10H2,(H,19,24)(H,20,25). The van der Waals surface area contributed by atoms with Crippen LogP contribution in [0.5, 0.6) is 0 Å². The lowest BCUT2D eigenvalue weighted by molar-refractivity contribution is -0.136. The van der Waals surface area contributed by atoms with E-state index >= 15 is 0 Å². The Balaban J connectivity index is 1.80. The van der Waals surface area contributed by atoms with Gasteiger partial charge in [0.05, 0.1) is 42.7 Å². The van der Waals surface area contributed by atoms with Crippen LogP contribution in [0.4, 0.5) is 5.82 Å². The zero-order valence-corrected chi connectivity index (χ0v) is 16.8. The molecule has 1 aromatic carbocycles. The van der Waals surface area contributed by atoms with Gasteiger partial charge in [-0.25, -0.2) is 13.1 Å². The van der Waals surface area contributed by atoms with Gasteiger partial charge in [-0.15, -0.1) is 0 Å². The predicted octanol–water partition coefficient (Wildman–Crippen LogP) is 0.0177. The summed E-state index contributed by atoms with van der Waals surface area (Å²) in [7, 11) is -3.36. The minimum atomic E-state index is -3.36. The van der Waals surface area contributed by atoms with Crippen molar-refractivity contribution in [2.24, 2.45) is 0 Å². The third kappa shape index (κ3) is 5.12. The number of anilines is 1. The molecule has 0 aliphatic carbocycles. The number of benzene rings is 1. The molecule has 10 nitrogen and oxygen atoms in total. The molecule has 1 aliphatic heterocycles. The maximum atomic E-state index is 12.3. The molecular weight excluding hydrogens is 424 g/mol. The molecule has 0 unspecified atom stereocenters. The molecule has 2 aromatic rings. The van der Waals surface area contributed by atoms with Crippen molar-refractivity contribution in [3.05, 3.63) is 40.5 Å². The number of nitrogens with one attached hydrogen (secondary N) is 2. The zero-order valence-electron chi connectivity index (χ0n) is 15.2. The number of carbonyl (C=O) groups is 2. The number of amides is 2. The molecule has 2 amide bonds. The molecule has 3 rings (SSSR count). The molecule has 156 valence electrons. The Morgan fingerprint density at radius 1 is 1.24 bits per heavy atom. The van der Waals surface area contributed by atoms with Crippen molar-refractivity contribution >= 4 is 39.1 Å². The van der Waals surface area contributed by atoms with Gasteiger partial charge in [0, 0.05) is 17.1 Å². The summed E-state index contributed by atoms with van der Waals surface area (Å²) in [5.74, 6) is -2.30. The van der Waals surface area contributed by atoms with E-state index in [9.17, 15) is 18.0 Å². The lowest BCUT2D eigenvalue weighted by Crippen LogP contribution is -2.37. The number of hydrogen-bond acceptors (Lipinski definition) is 7. The summed E-state index contributed by atoms with van der Waals surface area (Å²) >= 11 is 6.02. The third-order valence-electron chi connectivity index (χ3n) is 4.05.